The fraction of sp³-hybridized carbons (Fsp3) is 0.400. The van der Waals surface area contributed by atoms with Crippen molar-refractivity contribution in [3.05, 3.63) is 35.3 Å². The molecule has 0 saturated carbocycles. The first-order valence-electron chi connectivity index (χ1n) is 7.24. The number of aromatic nitrogens is 5. The summed E-state index contributed by atoms with van der Waals surface area (Å²) in [4.78, 5) is 4.37. The van der Waals surface area contributed by atoms with Gasteiger partial charge in [-0.1, -0.05) is 0 Å². The van der Waals surface area contributed by atoms with Crippen LogP contribution in [-0.2, 0) is 7.05 Å². The average molecular weight is 282 g/mol. The maximum atomic E-state index is 4.71. The Morgan fingerprint density at radius 2 is 2.14 bits per heavy atom. The molecule has 4 rings (SSSR count). The molecule has 21 heavy (non-hydrogen) atoms. The Morgan fingerprint density at radius 3 is 2.90 bits per heavy atom. The van der Waals surface area contributed by atoms with Gasteiger partial charge < -0.3 is 5.32 Å². The summed E-state index contributed by atoms with van der Waals surface area (Å²) in [5, 5.41) is 13.8. The second-order valence-corrected chi connectivity index (χ2v) is 5.61. The lowest BCUT2D eigenvalue weighted by atomic mass is 10.0. The summed E-state index contributed by atoms with van der Waals surface area (Å²) in [5.74, 6) is 1.07. The largest absolute Gasteiger partial charge is 0.370 e. The van der Waals surface area contributed by atoms with Crippen LogP contribution in [0.1, 0.15) is 29.4 Å². The van der Waals surface area contributed by atoms with Crippen LogP contribution in [0.4, 0.5) is 5.82 Å². The van der Waals surface area contributed by atoms with E-state index in [1.54, 1.807) is 6.20 Å². The average Bonchev–Trinajstić information content (AvgIpc) is 2.97. The van der Waals surface area contributed by atoms with Gasteiger partial charge in [0.2, 0.25) is 0 Å². The minimum absolute atomic E-state index is 0.226. The van der Waals surface area contributed by atoms with Gasteiger partial charge in [-0.25, -0.2) is 9.67 Å². The van der Waals surface area contributed by atoms with Crippen LogP contribution in [-0.4, -0.2) is 31.1 Å². The number of rotatable bonds is 1. The van der Waals surface area contributed by atoms with Crippen molar-refractivity contribution in [2.45, 2.75) is 26.3 Å². The number of fused-ring (bicyclic) bond motifs is 3. The van der Waals surface area contributed by atoms with Crippen LogP contribution in [0.15, 0.2) is 18.3 Å². The summed E-state index contributed by atoms with van der Waals surface area (Å²) < 4.78 is 4.03. The fourth-order valence-corrected chi connectivity index (χ4v) is 3.33. The molecule has 0 radical (unpaired) electrons. The predicted molar refractivity (Wildman–Crippen MR) is 81.5 cm³/mol. The highest BCUT2D eigenvalue weighted by atomic mass is 15.4. The van der Waals surface area contributed by atoms with E-state index in [9.17, 15) is 0 Å². The molecular formula is C15H18N6. The molecule has 3 aromatic rings. The second-order valence-electron chi connectivity index (χ2n) is 5.61. The first-order chi connectivity index (χ1) is 10.2. The molecule has 108 valence electrons. The molecule has 0 bridgehead atoms. The van der Waals surface area contributed by atoms with E-state index in [-0.39, 0.29) is 6.04 Å². The Labute approximate surface area is 122 Å². The van der Waals surface area contributed by atoms with Gasteiger partial charge in [0.15, 0.2) is 5.65 Å². The van der Waals surface area contributed by atoms with Crippen molar-refractivity contribution in [2.75, 3.05) is 11.9 Å². The van der Waals surface area contributed by atoms with Crippen LogP contribution in [0.2, 0.25) is 0 Å². The van der Waals surface area contributed by atoms with Crippen molar-refractivity contribution in [2.24, 2.45) is 7.05 Å². The summed E-state index contributed by atoms with van der Waals surface area (Å²) in [6, 6.07) is 4.25. The fourth-order valence-electron chi connectivity index (χ4n) is 3.33. The highest BCUT2D eigenvalue weighted by Crippen LogP contribution is 2.35. The van der Waals surface area contributed by atoms with Gasteiger partial charge in [0.1, 0.15) is 5.82 Å². The Hall–Kier alpha value is -2.37. The Balaban J connectivity index is 1.94. The molecule has 0 amide bonds. The van der Waals surface area contributed by atoms with Gasteiger partial charge >= 0.3 is 0 Å². The summed E-state index contributed by atoms with van der Waals surface area (Å²) >= 11 is 0. The van der Waals surface area contributed by atoms with Gasteiger partial charge in [0.25, 0.3) is 0 Å². The third-order valence-corrected chi connectivity index (χ3v) is 4.38. The molecule has 1 atom stereocenters. The van der Waals surface area contributed by atoms with Crippen LogP contribution < -0.4 is 5.32 Å². The number of hydrogen-bond donors (Lipinski definition) is 1. The second kappa shape index (κ2) is 4.31. The predicted octanol–water partition coefficient (Wildman–Crippen LogP) is 2.19. The molecule has 0 spiro atoms. The molecule has 1 N–H and O–H groups in total. The number of nitrogens with zero attached hydrogens (tertiary/aromatic N) is 5. The van der Waals surface area contributed by atoms with E-state index in [2.05, 4.69) is 40.0 Å². The van der Waals surface area contributed by atoms with E-state index in [0.29, 0.717) is 0 Å². The molecule has 6 nitrogen and oxygen atoms in total. The van der Waals surface area contributed by atoms with Gasteiger partial charge in [-0.05, 0) is 32.4 Å². The van der Waals surface area contributed by atoms with Crippen molar-refractivity contribution in [3.8, 4) is 0 Å². The first-order valence-corrected chi connectivity index (χ1v) is 7.24. The normalized spacial score (nSPS) is 17.8. The Bertz CT molecular complexity index is 828. The van der Waals surface area contributed by atoms with Gasteiger partial charge in [-0.2, -0.15) is 5.10 Å². The number of hydrogen-bond acceptors (Lipinski definition) is 4. The van der Waals surface area contributed by atoms with E-state index in [1.807, 2.05) is 17.8 Å². The monoisotopic (exact) mass is 282 g/mol. The van der Waals surface area contributed by atoms with E-state index >= 15 is 0 Å². The van der Waals surface area contributed by atoms with Crippen molar-refractivity contribution in [3.63, 3.8) is 0 Å². The lowest BCUT2D eigenvalue weighted by molar-refractivity contribution is 0.481. The number of pyridine rings is 1. The Kier molecular flexibility index (Phi) is 2.54. The van der Waals surface area contributed by atoms with Gasteiger partial charge in [-0.3, -0.25) is 4.68 Å². The summed E-state index contributed by atoms with van der Waals surface area (Å²) in [6.45, 7) is 5.14. The number of nitrogens with one attached hydrogen (secondary N) is 1. The third kappa shape index (κ3) is 1.68. The van der Waals surface area contributed by atoms with Crippen LogP contribution in [0.3, 0.4) is 0 Å². The quantitative estimate of drug-likeness (QED) is 0.743. The molecule has 6 heteroatoms. The smallest absolute Gasteiger partial charge is 0.183 e. The van der Waals surface area contributed by atoms with Crippen LogP contribution in [0.25, 0.3) is 11.0 Å². The highest BCUT2D eigenvalue weighted by Gasteiger charge is 2.28. The molecule has 0 saturated heterocycles. The Morgan fingerprint density at radius 1 is 1.29 bits per heavy atom. The highest BCUT2D eigenvalue weighted by molar-refractivity contribution is 5.87. The maximum Gasteiger partial charge on any atom is 0.183 e. The van der Waals surface area contributed by atoms with E-state index in [0.717, 1.165) is 35.5 Å². The van der Waals surface area contributed by atoms with E-state index < -0.39 is 0 Å². The van der Waals surface area contributed by atoms with E-state index in [4.69, 9.17) is 5.10 Å². The zero-order valence-electron chi connectivity index (χ0n) is 12.5. The molecule has 1 unspecified atom stereocenters. The molecule has 0 aliphatic carbocycles. The summed E-state index contributed by atoms with van der Waals surface area (Å²) in [6.07, 6.45) is 2.80. The zero-order valence-corrected chi connectivity index (χ0v) is 12.5. The van der Waals surface area contributed by atoms with Gasteiger partial charge in [0, 0.05) is 31.0 Å². The lowest BCUT2D eigenvalue weighted by Crippen LogP contribution is -2.25. The molecule has 0 fully saturated rings. The maximum absolute atomic E-state index is 4.71. The number of aryl methyl sites for hydroxylation is 2. The molecule has 1 aliphatic rings. The zero-order chi connectivity index (χ0) is 14.6. The van der Waals surface area contributed by atoms with Crippen molar-refractivity contribution in [1.82, 2.24) is 24.5 Å². The summed E-state index contributed by atoms with van der Waals surface area (Å²) in [7, 11) is 2.00. The minimum Gasteiger partial charge on any atom is -0.370 e. The molecule has 1 aliphatic heterocycles. The molecular weight excluding hydrogens is 264 g/mol. The van der Waals surface area contributed by atoms with Crippen molar-refractivity contribution < 1.29 is 0 Å². The number of anilines is 1. The van der Waals surface area contributed by atoms with E-state index in [1.165, 1.54) is 11.3 Å². The molecule has 3 aromatic heterocycles. The molecule has 0 aromatic carbocycles. The lowest BCUT2D eigenvalue weighted by Gasteiger charge is -2.26. The standard InChI is InChI=1S/C15H18N6/c1-9-13(10(2)20(3)18-9)12-6-8-17-15-11-5-4-7-16-14(11)19-21(12)15/h4-5,7,12,17H,6,8H2,1-3H3. The SMILES string of the molecule is Cc1nn(C)c(C)c1C1CCNc2c3cccnc3nn21. The first kappa shape index (κ1) is 12.4. The van der Waals surface area contributed by atoms with Gasteiger partial charge in [0.05, 0.1) is 17.1 Å². The van der Waals surface area contributed by atoms with Crippen LogP contribution in [0, 0.1) is 13.8 Å². The third-order valence-electron chi connectivity index (χ3n) is 4.38. The van der Waals surface area contributed by atoms with Crippen molar-refractivity contribution in [1.29, 1.82) is 0 Å². The summed E-state index contributed by atoms with van der Waals surface area (Å²) in [5.41, 5.74) is 4.37. The van der Waals surface area contributed by atoms with Gasteiger partial charge in [-0.15, -0.1) is 5.10 Å². The molecule has 4 heterocycles. The minimum atomic E-state index is 0.226. The van der Waals surface area contributed by atoms with Crippen LogP contribution in [0.5, 0.6) is 0 Å². The van der Waals surface area contributed by atoms with Crippen LogP contribution >= 0.6 is 0 Å². The van der Waals surface area contributed by atoms with Crippen molar-refractivity contribution >= 4 is 16.9 Å². The topological polar surface area (TPSA) is 60.6 Å².